The van der Waals surface area contributed by atoms with E-state index >= 15 is 0 Å². The Hall–Kier alpha value is -4.91. The second-order valence-electron chi connectivity index (χ2n) is 8.54. The number of nitrogens with one attached hydrogen (secondary N) is 2. The van der Waals surface area contributed by atoms with Crippen molar-refractivity contribution in [3.8, 4) is 11.1 Å². The molecule has 0 spiro atoms. The van der Waals surface area contributed by atoms with Crippen molar-refractivity contribution in [2.24, 2.45) is 5.92 Å². The number of carboxylic acid groups (broad SMARTS) is 2. The van der Waals surface area contributed by atoms with Crippen LogP contribution in [-0.4, -0.2) is 66.2 Å². The predicted octanol–water partition coefficient (Wildman–Crippen LogP) is 5.52. The van der Waals surface area contributed by atoms with Gasteiger partial charge in [-0.15, -0.1) is 0 Å². The first-order valence-corrected chi connectivity index (χ1v) is 11.3. The van der Waals surface area contributed by atoms with Gasteiger partial charge in [0, 0.05) is 23.2 Å². The quantitative estimate of drug-likeness (QED) is 0.217. The Morgan fingerprint density at radius 3 is 2.07 bits per heavy atom. The van der Waals surface area contributed by atoms with Gasteiger partial charge in [0.25, 0.3) is 6.43 Å². The van der Waals surface area contributed by atoms with E-state index in [4.69, 9.17) is 19.8 Å². The molecule has 4 N–H and O–H groups in total. The molecule has 1 fully saturated rings. The van der Waals surface area contributed by atoms with Gasteiger partial charge in [0.1, 0.15) is 17.6 Å². The number of carboxylic acids is 2. The number of carbonyl (C=O) groups is 3. The molecule has 0 bridgehead atoms. The van der Waals surface area contributed by atoms with Crippen LogP contribution in [0.3, 0.4) is 0 Å². The summed E-state index contributed by atoms with van der Waals surface area (Å²) in [5.74, 6) is -7.44. The zero-order chi connectivity index (χ0) is 32.4. The second kappa shape index (κ2) is 12.1. The number of hydrogen-bond acceptors (Lipinski definition) is 5. The highest BCUT2D eigenvalue weighted by molar-refractivity contribution is 5.97. The number of amides is 1. The van der Waals surface area contributed by atoms with Gasteiger partial charge in [0.2, 0.25) is 5.91 Å². The first kappa shape index (κ1) is 32.6. The Bertz CT molecular complexity index is 1640. The number of halogens is 10. The standard InChI is InChI=1S/C19H13F4N5O.2C2HF3O2/c20-11-3-9(11)19(29)26-14-7-28-6-8(1-2-15(28)25-14)16-10-5-24-27-13(10)4-12(21)17(16)18(22)23;2*3-2(4,5)1(6)7/h1-2,4-7,9,11,18H,3H2,(H,24,27)(H,26,29);2*(H,6,7)/t9-,11+;;/m1../s1. The maximum Gasteiger partial charge on any atom is 0.490 e. The average Bonchev–Trinajstić information content (AvgIpc) is 3.25. The zero-order valence-electron chi connectivity index (χ0n) is 20.6. The van der Waals surface area contributed by atoms with Crippen molar-refractivity contribution < 1.29 is 68.5 Å². The van der Waals surface area contributed by atoms with E-state index in [2.05, 4.69) is 20.5 Å². The van der Waals surface area contributed by atoms with Gasteiger partial charge in [-0.05, 0) is 24.1 Å². The lowest BCUT2D eigenvalue weighted by molar-refractivity contribution is -0.193. The molecule has 2 atom stereocenters. The molecule has 1 aliphatic rings. The number of imidazole rings is 1. The molecule has 0 unspecified atom stereocenters. The summed E-state index contributed by atoms with van der Waals surface area (Å²) < 4.78 is 120. The highest BCUT2D eigenvalue weighted by atomic mass is 19.4. The van der Waals surface area contributed by atoms with Gasteiger partial charge in [-0.25, -0.2) is 32.1 Å². The predicted molar refractivity (Wildman–Crippen MR) is 124 cm³/mol. The number of rotatable bonds is 4. The van der Waals surface area contributed by atoms with E-state index in [9.17, 15) is 48.7 Å². The normalized spacial score (nSPS) is 16.3. The van der Waals surface area contributed by atoms with Crippen LogP contribution in [0.2, 0.25) is 0 Å². The number of fused-ring (bicyclic) bond motifs is 2. The molecule has 0 aliphatic heterocycles. The number of alkyl halides is 9. The molecule has 1 aromatic carbocycles. The number of pyridine rings is 1. The molecule has 232 valence electrons. The number of aromatic amines is 1. The van der Waals surface area contributed by atoms with Crippen LogP contribution in [0.5, 0.6) is 0 Å². The van der Waals surface area contributed by atoms with Gasteiger partial charge in [-0.2, -0.15) is 31.4 Å². The van der Waals surface area contributed by atoms with Crippen LogP contribution in [0.15, 0.2) is 36.8 Å². The summed E-state index contributed by atoms with van der Waals surface area (Å²) in [7, 11) is 0. The number of hydrogen-bond donors (Lipinski definition) is 4. The van der Waals surface area contributed by atoms with E-state index < -0.39 is 60.1 Å². The van der Waals surface area contributed by atoms with E-state index in [1.165, 1.54) is 23.0 Å². The lowest BCUT2D eigenvalue weighted by atomic mass is 9.97. The molecule has 3 aromatic heterocycles. The van der Waals surface area contributed by atoms with Crippen molar-refractivity contribution in [1.29, 1.82) is 0 Å². The van der Waals surface area contributed by atoms with E-state index in [0.29, 0.717) is 22.1 Å². The van der Waals surface area contributed by atoms with Crippen LogP contribution in [0.1, 0.15) is 18.4 Å². The summed E-state index contributed by atoms with van der Waals surface area (Å²) in [6, 6.07) is 4.10. The first-order valence-electron chi connectivity index (χ1n) is 11.3. The van der Waals surface area contributed by atoms with E-state index in [-0.39, 0.29) is 17.8 Å². The molecule has 1 saturated carbocycles. The van der Waals surface area contributed by atoms with Crippen molar-refractivity contribution in [3.63, 3.8) is 0 Å². The largest absolute Gasteiger partial charge is 0.490 e. The van der Waals surface area contributed by atoms with Gasteiger partial charge >= 0.3 is 24.3 Å². The summed E-state index contributed by atoms with van der Waals surface area (Å²) >= 11 is 0. The molecule has 20 heteroatoms. The number of aliphatic carboxylic acids is 2. The summed E-state index contributed by atoms with van der Waals surface area (Å²) in [6.07, 6.45) is -9.76. The summed E-state index contributed by atoms with van der Waals surface area (Å²) in [4.78, 5) is 33.9. The lowest BCUT2D eigenvalue weighted by Crippen LogP contribution is -2.21. The number of benzene rings is 1. The first-order chi connectivity index (χ1) is 19.8. The third-order valence-corrected chi connectivity index (χ3v) is 5.48. The van der Waals surface area contributed by atoms with Gasteiger partial charge < -0.3 is 19.9 Å². The van der Waals surface area contributed by atoms with Crippen molar-refractivity contribution in [3.05, 3.63) is 48.2 Å². The molecular formula is C23H15F10N5O5. The monoisotopic (exact) mass is 631 g/mol. The lowest BCUT2D eigenvalue weighted by Gasteiger charge is -2.12. The minimum absolute atomic E-state index is 0.0307. The highest BCUT2D eigenvalue weighted by Gasteiger charge is 2.44. The molecule has 43 heavy (non-hydrogen) atoms. The molecule has 1 aliphatic carbocycles. The highest BCUT2D eigenvalue weighted by Crippen LogP contribution is 2.39. The number of H-pyrrole nitrogens is 1. The van der Waals surface area contributed by atoms with Crippen LogP contribution < -0.4 is 5.32 Å². The molecule has 1 amide bonds. The minimum Gasteiger partial charge on any atom is -0.475 e. The number of aromatic nitrogens is 4. The van der Waals surface area contributed by atoms with Gasteiger partial charge in [0.05, 0.1) is 29.4 Å². The molecule has 5 rings (SSSR count). The topological polar surface area (TPSA) is 150 Å². The Morgan fingerprint density at radius 1 is 1.02 bits per heavy atom. The molecule has 0 radical (unpaired) electrons. The van der Waals surface area contributed by atoms with Crippen LogP contribution in [0, 0.1) is 11.7 Å². The van der Waals surface area contributed by atoms with E-state index in [1.807, 2.05) is 0 Å². The fraction of sp³-hybridized carbons (Fsp3) is 0.261. The smallest absolute Gasteiger partial charge is 0.475 e. The van der Waals surface area contributed by atoms with Gasteiger partial charge in [-0.3, -0.25) is 9.89 Å². The maximum absolute atomic E-state index is 14.3. The molecule has 3 heterocycles. The third-order valence-electron chi connectivity index (χ3n) is 5.48. The summed E-state index contributed by atoms with van der Waals surface area (Å²) in [5.41, 5.74) is 0.388. The Balaban J connectivity index is 0.000000303. The van der Waals surface area contributed by atoms with E-state index in [1.54, 1.807) is 12.1 Å². The van der Waals surface area contributed by atoms with Gasteiger partial charge in [0.15, 0.2) is 5.82 Å². The van der Waals surface area contributed by atoms with Gasteiger partial charge in [-0.1, -0.05) is 0 Å². The van der Waals surface area contributed by atoms with Crippen molar-refractivity contribution in [2.45, 2.75) is 31.4 Å². The van der Waals surface area contributed by atoms with Crippen molar-refractivity contribution >= 4 is 40.2 Å². The minimum atomic E-state index is -5.08. The molecule has 10 nitrogen and oxygen atoms in total. The van der Waals surface area contributed by atoms with Crippen LogP contribution in [-0.2, 0) is 14.4 Å². The fourth-order valence-corrected chi connectivity index (χ4v) is 3.45. The molecular weight excluding hydrogens is 616 g/mol. The Morgan fingerprint density at radius 2 is 1.58 bits per heavy atom. The third kappa shape index (κ3) is 7.89. The Labute approximate surface area is 230 Å². The van der Waals surface area contributed by atoms with Crippen molar-refractivity contribution in [2.75, 3.05) is 5.32 Å². The number of carbonyl (C=O) groups excluding carboxylic acids is 1. The maximum atomic E-state index is 14.3. The SMILES string of the molecule is O=C(Nc1cn2cc(-c3c(C(F)F)c(F)cc4[nH]ncc34)ccc2n1)[C@@H]1C[C@@H]1F.O=C(O)C(F)(F)F.O=C(O)C(F)(F)F. The Kier molecular flexibility index (Phi) is 9.20. The number of nitrogens with zero attached hydrogens (tertiary/aromatic N) is 3. The van der Waals surface area contributed by atoms with Crippen molar-refractivity contribution in [1.82, 2.24) is 19.6 Å². The van der Waals surface area contributed by atoms with Crippen LogP contribution in [0.25, 0.3) is 27.7 Å². The summed E-state index contributed by atoms with van der Waals surface area (Å²) in [5, 5.41) is 23.6. The van der Waals surface area contributed by atoms with Crippen LogP contribution in [0.4, 0.5) is 49.7 Å². The molecule has 4 aromatic rings. The average molecular weight is 631 g/mol. The summed E-state index contributed by atoms with van der Waals surface area (Å²) in [6.45, 7) is 0. The van der Waals surface area contributed by atoms with Crippen LogP contribution >= 0.6 is 0 Å². The second-order valence-corrected chi connectivity index (χ2v) is 8.54. The fourth-order valence-electron chi connectivity index (χ4n) is 3.45. The number of anilines is 1. The molecule has 0 saturated heterocycles. The zero-order valence-corrected chi connectivity index (χ0v) is 20.6. The van der Waals surface area contributed by atoms with E-state index in [0.717, 1.165) is 6.07 Å².